The van der Waals surface area contributed by atoms with Crippen molar-refractivity contribution in [2.75, 3.05) is 5.32 Å². The number of fused-ring (bicyclic) bond motifs is 3. The van der Waals surface area contributed by atoms with Crippen LogP contribution in [0.4, 0.5) is 5.82 Å². The summed E-state index contributed by atoms with van der Waals surface area (Å²) in [5.41, 5.74) is 3.45. The Bertz CT molecular complexity index is 1240. The van der Waals surface area contributed by atoms with E-state index < -0.39 is 0 Å². The molecular formula is C21H18ClN3O2. The van der Waals surface area contributed by atoms with Crippen LogP contribution in [0.2, 0.25) is 5.02 Å². The Balaban J connectivity index is 1.87. The van der Waals surface area contributed by atoms with Crippen molar-refractivity contribution in [3.63, 3.8) is 0 Å². The lowest BCUT2D eigenvalue weighted by atomic mass is 9.93. The maximum atomic E-state index is 13.0. The first kappa shape index (κ1) is 16.4. The van der Waals surface area contributed by atoms with Crippen molar-refractivity contribution in [1.82, 2.24) is 9.55 Å². The molecule has 0 radical (unpaired) electrons. The molecule has 0 bridgehead atoms. The Kier molecular flexibility index (Phi) is 3.72. The van der Waals surface area contributed by atoms with Crippen molar-refractivity contribution in [3.05, 3.63) is 63.5 Å². The van der Waals surface area contributed by atoms with Gasteiger partial charge in [0.1, 0.15) is 11.1 Å². The van der Waals surface area contributed by atoms with Gasteiger partial charge in [-0.05, 0) is 62.1 Å². The lowest BCUT2D eigenvalue weighted by molar-refractivity contribution is 0.444. The second-order valence-corrected chi connectivity index (χ2v) is 7.55. The number of furan rings is 1. The van der Waals surface area contributed by atoms with Crippen molar-refractivity contribution >= 4 is 39.5 Å². The van der Waals surface area contributed by atoms with Crippen LogP contribution in [0.1, 0.15) is 24.8 Å². The zero-order valence-electron chi connectivity index (χ0n) is 14.8. The van der Waals surface area contributed by atoms with E-state index in [0.29, 0.717) is 33.6 Å². The molecule has 0 aliphatic heterocycles. The van der Waals surface area contributed by atoms with Gasteiger partial charge in [0.05, 0.1) is 5.69 Å². The second kappa shape index (κ2) is 6.13. The number of nitrogens with zero attached hydrogens (tertiary/aromatic N) is 2. The SMILES string of the molecule is Cc1cccc(-n2c(=O)nc(NC3CCC3)c3oc4ccc(Cl)cc4c32)c1. The number of hydrogen-bond acceptors (Lipinski definition) is 4. The second-order valence-electron chi connectivity index (χ2n) is 7.11. The molecule has 0 amide bonds. The van der Waals surface area contributed by atoms with E-state index in [4.69, 9.17) is 16.0 Å². The zero-order valence-corrected chi connectivity index (χ0v) is 15.6. The number of aromatic nitrogens is 2. The van der Waals surface area contributed by atoms with Crippen LogP contribution >= 0.6 is 11.6 Å². The highest BCUT2D eigenvalue weighted by Crippen LogP contribution is 2.35. The van der Waals surface area contributed by atoms with Crippen LogP contribution < -0.4 is 11.0 Å². The quantitative estimate of drug-likeness (QED) is 0.540. The summed E-state index contributed by atoms with van der Waals surface area (Å²) in [6.07, 6.45) is 3.35. The van der Waals surface area contributed by atoms with Crippen LogP contribution in [0.15, 0.2) is 51.7 Å². The maximum absolute atomic E-state index is 13.0. The summed E-state index contributed by atoms with van der Waals surface area (Å²) in [4.78, 5) is 17.3. The third kappa shape index (κ3) is 2.70. The molecule has 2 heterocycles. The van der Waals surface area contributed by atoms with E-state index in [1.807, 2.05) is 43.3 Å². The Morgan fingerprint density at radius 2 is 2.07 bits per heavy atom. The van der Waals surface area contributed by atoms with Gasteiger partial charge in [0.15, 0.2) is 11.4 Å². The molecule has 0 atom stereocenters. The number of rotatable bonds is 3. The monoisotopic (exact) mass is 379 g/mol. The largest absolute Gasteiger partial charge is 0.450 e. The van der Waals surface area contributed by atoms with Crippen LogP contribution in [0.3, 0.4) is 0 Å². The molecule has 1 fully saturated rings. The fraction of sp³-hybridized carbons (Fsp3) is 0.238. The molecule has 136 valence electrons. The molecule has 6 heteroatoms. The Labute approximate surface area is 160 Å². The number of anilines is 1. The molecule has 0 unspecified atom stereocenters. The Hall–Kier alpha value is -2.79. The molecular weight excluding hydrogens is 362 g/mol. The fourth-order valence-electron chi connectivity index (χ4n) is 3.58. The highest BCUT2D eigenvalue weighted by atomic mass is 35.5. The Morgan fingerprint density at radius 1 is 1.22 bits per heavy atom. The van der Waals surface area contributed by atoms with Gasteiger partial charge < -0.3 is 9.73 Å². The predicted molar refractivity (Wildman–Crippen MR) is 108 cm³/mol. The van der Waals surface area contributed by atoms with Crippen molar-refractivity contribution in [2.45, 2.75) is 32.2 Å². The van der Waals surface area contributed by atoms with Crippen molar-refractivity contribution < 1.29 is 4.42 Å². The van der Waals surface area contributed by atoms with Gasteiger partial charge >= 0.3 is 5.69 Å². The number of benzene rings is 2. The number of halogens is 1. The van der Waals surface area contributed by atoms with Crippen LogP contribution in [-0.2, 0) is 0 Å². The molecule has 5 rings (SSSR count). The highest BCUT2D eigenvalue weighted by Gasteiger charge is 2.23. The van der Waals surface area contributed by atoms with E-state index in [2.05, 4.69) is 10.3 Å². The van der Waals surface area contributed by atoms with Crippen LogP contribution in [0.25, 0.3) is 27.8 Å². The van der Waals surface area contributed by atoms with E-state index in [1.165, 1.54) is 6.42 Å². The summed E-state index contributed by atoms with van der Waals surface area (Å²) in [6.45, 7) is 2.00. The van der Waals surface area contributed by atoms with Gasteiger partial charge in [-0.2, -0.15) is 4.98 Å². The minimum absolute atomic E-state index is 0.336. The van der Waals surface area contributed by atoms with Crippen LogP contribution in [0.5, 0.6) is 0 Å². The molecule has 5 nitrogen and oxygen atoms in total. The molecule has 1 aliphatic rings. The molecule has 1 N–H and O–H groups in total. The van der Waals surface area contributed by atoms with Crippen molar-refractivity contribution in [3.8, 4) is 5.69 Å². The van der Waals surface area contributed by atoms with Gasteiger partial charge in [0.25, 0.3) is 0 Å². The third-order valence-electron chi connectivity index (χ3n) is 5.17. The molecule has 2 aromatic carbocycles. The number of nitrogens with one attached hydrogen (secondary N) is 1. The smallest absolute Gasteiger partial charge is 0.354 e. The first-order chi connectivity index (χ1) is 13.1. The zero-order chi connectivity index (χ0) is 18.5. The molecule has 1 aliphatic carbocycles. The average Bonchev–Trinajstić information content (AvgIpc) is 2.97. The van der Waals surface area contributed by atoms with Crippen LogP contribution in [-0.4, -0.2) is 15.6 Å². The topological polar surface area (TPSA) is 60.1 Å². The standard InChI is InChI=1S/C21H18ClN3O2/c1-12-4-2-7-15(10-12)25-18-16-11-13(22)8-9-17(16)27-19(18)20(24-21(25)26)23-14-5-3-6-14/h2,4,7-11,14H,3,5-6H2,1H3,(H,23,24,26). The maximum Gasteiger partial charge on any atom is 0.354 e. The van der Waals surface area contributed by atoms with Crippen LogP contribution in [0, 0.1) is 6.92 Å². The molecule has 0 spiro atoms. The predicted octanol–water partition coefficient (Wildman–Crippen LogP) is 5.06. The fourth-order valence-corrected chi connectivity index (χ4v) is 3.75. The minimum atomic E-state index is -0.336. The van der Waals surface area contributed by atoms with E-state index >= 15 is 0 Å². The average molecular weight is 380 g/mol. The van der Waals surface area contributed by atoms with E-state index in [-0.39, 0.29) is 5.69 Å². The lowest BCUT2D eigenvalue weighted by Gasteiger charge is -2.26. The summed E-state index contributed by atoms with van der Waals surface area (Å²) in [6, 6.07) is 13.6. The molecule has 27 heavy (non-hydrogen) atoms. The van der Waals surface area contributed by atoms with Gasteiger partial charge in [-0.25, -0.2) is 4.79 Å². The molecule has 0 saturated heterocycles. The Morgan fingerprint density at radius 3 is 2.81 bits per heavy atom. The normalized spacial score (nSPS) is 14.6. The minimum Gasteiger partial charge on any atom is -0.450 e. The summed E-state index contributed by atoms with van der Waals surface area (Å²) in [7, 11) is 0. The van der Waals surface area contributed by atoms with Gasteiger partial charge in [-0.15, -0.1) is 0 Å². The number of hydrogen-bond donors (Lipinski definition) is 1. The van der Waals surface area contributed by atoms with Gasteiger partial charge in [0, 0.05) is 16.5 Å². The number of aryl methyl sites for hydroxylation is 1. The third-order valence-corrected chi connectivity index (χ3v) is 5.40. The lowest BCUT2D eigenvalue weighted by Crippen LogP contribution is -2.30. The summed E-state index contributed by atoms with van der Waals surface area (Å²) in [5.74, 6) is 0.510. The first-order valence-corrected chi connectivity index (χ1v) is 9.46. The molecule has 2 aromatic heterocycles. The summed E-state index contributed by atoms with van der Waals surface area (Å²) >= 11 is 6.23. The first-order valence-electron chi connectivity index (χ1n) is 9.08. The molecule has 1 saturated carbocycles. The summed E-state index contributed by atoms with van der Waals surface area (Å²) in [5, 5.41) is 4.77. The highest BCUT2D eigenvalue weighted by molar-refractivity contribution is 6.31. The van der Waals surface area contributed by atoms with Gasteiger partial charge in [-0.1, -0.05) is 23.7 Å². The van der Waals surface area contributed by atoms with Crippen molar-refractivity contribution in [2.24, 2.45) is 0 Å². The van der Waals surface area contributed by atoms with Gasteiger partial charge in [-0.3, -0.25) is 4.57 Å². The van der Waals surface area contributed by atoms with E-state index in [9.17, 15) is 4.79 Å². The van der Waals surface area contributed by atoms with E-state index in [1.54, 1.807) is 10.6 Å². The van der Waals surface area contributed by atoms with Gasteiger partial charge in [0.2, 0.25) is 0 Å². The van der Waals surface area contributed by atoms with Crippen molar-refractivity contribution in [1.29, 1.82) is 0 Å². The molecule has 4 aromatic rings. The summed E-state index contributed by atoms with van der Waals surface area (Å²) < 4.78 is 7.72. The van der Waals surface area contributed by atoms with E-state index in [0.717, 1.165) is 29.5 Å².